The molecule has 16 nitrogen and oxygen atoms in total. The first-order valence-electron chi connectivity index (χ1n) is 17.0. The van der Waals surface area contributed by atoms with E-state index >= 15 is 0 Å². The molecule has 1 aromatic rings. The molecule has 3 saturated heterocycles. The lowest BCUT2D eigenvalue weighted by atomic mass is 9.48. The molecular formula is C35H46O16. The summed E-state index contributed by atoms with van der Waals surface area (Å²) in [5.74, 6) is -4.73. The van der Waals surface area contributed by atoms with E-state index in [9.17, 15) is 28.8 Å². The summed E-state index contributed by atoms with van der Waals surface area (Å²) >= 11 is 0. The van der Waals surface area contributed by atoms with Crippen LogP contribution in [0.5, 0.6) is 0 Å². The summed E-state index contributed by atoms with van der Waals surface area (Å²) in [4.78, 5) is 74.9. The highest BCUT2D eigenvalue weighted by Gasteiger charge is 2.70. The number of cyclic esters (lactones) is 1. The monoisotopic (exact) mass is 722 g/mol. The molecule has 12 atom stereocenters. The van der Waals surface area contributed by atoms with Gasteiger partial charge in [-0.05, 0) is 43.1 Å². The summed E-state index contributed by atoms with van der Waals surface area (Å²) in [6.07, 6.45) is -3.78. The van der Waals surface area contributed by atoms with Gasteiger partial charge in [-0.25, -0.2) is 4.79 Å². The van der Waals surface area contributed by atoms with Crippen molar-refractivity contribution in [1.29, 1.82) is 0 Å². The maximum Gasteiger partial charge on any atom is 0.335 e. The van der Waals surface area contributed by atoms with Crippen molar-refractivity contribution in [2.24, 2.45) is 22.7 Å². The molecule has 0 unspecified atom stereocenters. The third kappa shape index (κ3) is 7.77. The number of ether oxygens (including phenoxy) is 9. The average Bonchev–Trinajstić information content (AvgIpc) is 3.68. The highest BCUT2D eigenvalue weighted by Crippen LogP contribution is 2.66. The standard InChI is InChI=1S/C35H46O16/c1-17(36)45-16-24-27(46-18(2)37)28(47-19(3)38)29(48-20(4)39)33(51-24)44-11-8-9-25-34(5)13-22(21-10-12-43-15-21)50-31(40)26(34)23-14-35(25,6)30(49-23)32(41)42-7/h10,12,15,22-30,33H,8-9,11,13-14,16H2,1-7H3/t22-,23+,24+,25-,26-,27+,28-,29+,30+,33+,34-,35-/m0/s1. The zero-order chi connectivity index (χ0) is 37.2. The van der Waals surface area contributed by atoms with E-state index in [1.807, 2.05) is 13.8 Å². The fraction of sp³-hybridized carbons (Fsp3) is 0.714. The Bertz CT molecular complexity index is 1470. The van der Waals surface area contributed by atoms with Crippen molar-refractivity contribution in [2.45, 2.75) is 116 Å². The van der Waals surface area contributed by atoms with Gasteiger partial charge in [-0.1, -0.05) is 13.8 Å². The number of esters is 6. The number of carbonyl (C=O) groups is 6. The minimum atomic E-state index is -1.37. The van der Waals surface area contributed by atoms with Crippen molar-refractivity contribution >= 4 is 35.8 Å². The summed E-state index contributed by atoms with van der Waals surface area (Å²) in [6.45, 7) is 8.25. The number of rotatable bonds is 12. The molecule has 4 fully saturated rings. The Kier molecular flexibility index (Phi) is 11.5. The van der Waals surface area contributed by atoms with Gasteiger partial charge in [0.2, 0.25) is 0 Å². The quantitative estimate of drug-likeness (QED) is 0.173. The first-order chi connectivity index (χ1) is 24.1. The molecular weight excluding hydrogens is 676 g/mol. The third-order valence-electron chi connectivity index (χ3n) is 10.6. The topological polar surface area (TPSA) is 199 Å². The van der Waals surface area contributed by atoms with Crippen LogP contribution >= 0.6 is 0 Å². The fourth-order valence-electron chi connectivity index (χ4n) is 8.73. The molecule has 0 N–H and O–H groups in total. The Morgan fingerprint density at radius 2 is 1.53 bits per heavy atom. The summed E-state index contributed by atoms with van der Waals surface area (Å²) < 4.78 is 56.4. The lowest BCUT2D eigenvalue weighted by Gasteiger charge is -2.56. The van der Waals surface area contributed by atoms with Gasteiger partial charge in [-0.3, -0.25) is 24.0 Å². The molecule has 4 aliphatic rings. The Labute approximate surface area is 295 Å². The number of hydrogen-bond acceptors (Lipinski definition) is 16. The highest BCUT2D eigenvalue weighted by atomic mass is 16.7. The molecule has 0 spiro atoms. The molecule has 3 aliphatic heterocycles. The molecule has 2 bridgehead atoms. The number of furan rings is 1. The predicted octanol–water partition coefficient (Wildman–Crippen LogP) is 2.74. The van der Waals surface area contributed by atoms with E-state index in [4.69, 9.17) is 47.0 Å². The summed E-state index contributed by atoms with van der Waals surface area (Å²) in [5, 5.41) is 0. The molecule has 1 saturated carbocycles. The first-order valence-corrected chi connectivity index (χ1v) is 17.0. The number of methoxy groups -OCH3 is 1. The largest absolute Gasteiger partial charge is 0.472 e. The maximum atomic E-state index is 13.7. The molecule has 5 rings (SSSR count). The van der Waals surface area contributed by atoms with E-state index in [-0.39, 0.29) is 19.1 Å². The highest BCUT2D eigenvalue weighted by molar-refractivity contribution is 5.79. The van der Waals surface area contributed by atoms with E-state index in [2.05, 4.69) is 0 Å². The van der Waals surface area contributed by atoms with E-state index < -0.39 is 102 Å². The van der Waals surface area contributed by atoms with Crippen molar-refractivity contribution in [3.63, 3.8) is 0 Å². The van der Waals surface area contributed by atoms with Crippen LogP contribution in [0.1, 0.15) is 78.9 Å². The molecule has 51 heavy (non-hydrogen) atoms. The lowest BCUT2D eigenvalue weighted by Crippen LogP contribution is -2.63. The minimum Gasteiger partial charge on any atom is -0.472 e. The van der Waals surface area contributed by atoms with Crippen molar-refractivity contribution in [1.82, 2.24) is 0 Å². The Morgan fingerprint density at radius 1 is 0.863 bits per heavy atom. The van der Waals surface area contributed by atoms with Crippen molar-refractivity contribution in [3.05, 3.63) is 24.2 Å². The normalized spacial score (nSPS) is 37.0. The number of fused-ring (bicyclic) bond motifs is 4. The van der Waals surface area contributed by atoms with E-state index in [0.717, 1.165) is 26.3 Å². The predicted molar refractivity (Wildman–Crippen MR) is 168 cm³/mol. The van der Waals surface area contributed by atoms with Gasteiger partial charge in [-0.15, -0.1) is 0 Å². The van der Waals surface area contributed by atoms with Crippen LogP contribution in [0.4, 0.5) is 0 Å². The number of hydrogen-bond donors (Lipinski definition) is 0. The maximum absolute atomic E-state index is 13.7. The molecule has 1 aromatic heterocycles. The van der Waals surface area contributed by atoms with Gasteiger partial charge < -0.3 is 47.0 Å². The van der Waals surface area contributed by atoms with Gasteiger partial charge in [0.15, 0.2) is 30.7 Å². The van der Waals surface area contributed by atoms with Crippen LogP contribution in [-0.4, -0.2) is 99.1 Å². The summed E-state index contributed by atoms with van der Waals surface area (Å²) in [5.41, 5.74) is -0.662. The Hall–Kier alpha value is -4.02. The van der Waals surface area contributed by atoms with Gasteiger partial charge in [0.1, 0.15) is 18.8 Å². The molecule has 4 heterocycles. The second kappa shape index (κ2) is 15.3. The molecule has 0 radical (unpaired) electrons. The van der Waals surface area contributed by atoms with Crippen LogP contribution in [0.15, 0.2) is 23.0 Å². The average molecular weight is 723 g/mol. The van der Waals surface area contributed by atoms with Crippen molar-refractivity contribution < 1.29 is 75.8 Å². The Balaban J connectivity index is 1.40. The van der Waals surface area contributed by atoms with E-state index in [1.165, 1.54) is 20.3 Å². The van der Waals surface area contributed by atoms with E-state index in [1.54, 1.807) is 12.3 Å². The smallest absolute Gasteiger partial charge is 0.335 e. The molecule has 0 aromatic carbocycles. The SMILES string of the molecule is COC(=O)[C@H]1O[C@@H]2C[C@@]1(C)[C@@H](CCCO[C@@H]1O[C@H](COC(C)=O)[C@@H](OC(C)=O)[C@H](OC(C)=O)[C@H]1OC(C)=O)[C@]1(C)C[C@@H](c3ccoc3)OC(=O)[C@H]21. The zero-order valence-corrected chi connectivity index (χ0v) is 29.8. The van der Waals surface area contributed by atoms with E-state index in [0.29, 0.717) is 25.7 Å². The van der Waals surface area contributed by atoms with Crippen LogP contribution in [0.25, 0.3) is 0 Å². The van der Waals surface area contributed by atoms with Crippen LogP contribution in [0.2, 0.25) is 0 Å². The lowest BCUT2D eigenvalue weighted by molar-refractivity contribution is -0.308. The summed E-state index contributed by atoms with van der Waals surface area (Å²) in [6, 6.07) is 1.75. The number of carbonyl (C=O) groups excluding carboxylic acids is 6. The second-order valence-corrected chi connectivity index (χ2v) is 14.1. The van der Waals surface area contributed by atoms with Gasteiger partial charge >= 0.3 is 35.8 Å². The van der Waals surface area contributed by atoms with Crippen LogP contribution in [0, 0.1) is 22.7 Å². The second-order valence-electron chi connectivity index (χ2n) is 14.1. The fourth-order valence-corrected chi connectivity index (χ4v) is 8.73. The first kappa shape index (κ1) is 38.2. The third-order valence-corrected chi connectivity index (χ3v) is 10.6. The van der Waals surface area contributed by atoms with Gasteiger partial charge in [0.05, 0.1) is 31.7 Å². The molecule has 0 amide bonds. The minimum absolute atomic E-state index is 0.0177. The van der Waals surface area contributed by atoms with Gasteiger partial charge in [0.25, 0.3) is 0 Å². The van der Waals surface area contributed by atoms with Crippen LogP contribution in [0.3, 0.4) is 0 Å². The molecule has 282 valence electrons. The molecule has 1 aliphatic carbocycles. The van der Waals surface area contributed by atoms with Crippen LogP contribution < -0.4 is 0 Å². The van der Waals surface area contributed by atoms with Gasteiger partial charge in [0, 0.05) is 45.3 Å². The van der Waals surface area contributed by atoms with Crippen LogP contribution in [-0.2, 0) is 71.4 Å². The van der Waals surface area contributed by atoms with Gasteiger partial charge in [-0.2, -0.15) is 0 Å². The zero-order valence-electron chi connectivity index (χ0n) is 29.8. The molecule has 16 heteroatoms. The Morgan fingerprint density at radius 3 is 2.14 bits per heavy atom. The summed E-state index contributed by atoms with van der Waals surface area (Å²) in [7, 11) is 1.30. The van der Waals surface area contributed by atoms with Crippen molar-refractivity contribution in [2.75, 3.05) is 20.3 Å². The van der Waals surface area contributed by atoms with Crippen molar-refractivity contribution in [3.8, 4) is 0 Å².